The zero-order chi connectivity index (χ0) is 11.1. The van der Waals surface area contributed by atoms with Crippen LogP contribution in [0.5, 0.6) is 0 Å². The molecule has 2 atom stereocenters. The third-order valence-corrected chi connectivity index (χ3v) is 2.99. The van der Waals surface area contributed by atoms with Crippen LogP contribution in [0.1, 0.15) is 26.3 Å². The first-order valence-electron chi connectivity index (χ1n) is 5.83. The number of nitrogens with zero attached hydrogens (tertiary/aromatic N) is 1. The lowest BCUT2D eigenvalue weighted by molar-refractivity contribution is 0.368. The number of pyridine rings is 1. The van der Waals surface area contributed by atoms with E-state index in [1.807, 2.05) is 12.4 Å². The van der Waals surface area contributed by atoms with Crippen molar-refractivity contribution in [3.63, 3.8) is 0 Å². The van der Waals surface area contributed by atoms with Crippen LogP contribution >= 0.6 is 0 Å². The van der Waals surface area contributed by atoms with Crippen LogP contribution in [-0.4, -0.2) is 18.1 Å². The van der Waals surface area contributed by atoms with Crippen LogP contribution in [0.2, 0.25) is 0 Å². The van der Waals surface area contributed by atoms with E-state index in [0.29, 0.717) is 5.92 Å². The molecule has 2 heteroatoms. The Bertz CT molecular complexity index is 258. The third kappa shape index (κ3) is 4.43. The van der Waals surface area contributed by atoms with Crippen molar-refractivity contribution >= 4 is 0 Å². The van der Waals surface area contributed by atoms with Crippen LogP contribution in [0.15, 0.2) is 24.5 Å². The van der Waals surface area contributed by atoms with Crippen LogP contribution in [0, 0.1) is 11.8 Å². The van der Waals surface area contributed by atoms with Gasteiger partial charge in [-0.05, 0) is 49.0 Å². The van der Waals surface area contributed by atoms with E-state index in [2.05, 4.69) is 43.2 Å². The van der Waals surface area contributed by atoms with Crippen molar-refractivity contribution in [2.75, 3.05) is 13.1 Å². The maximum absolute atomic E-state index is 4.03. The molecule has 1 aromatic rings. The summed E-state index contributed by atoms with van der Waals surface area (Å²) in [5.74, 6) is 1.43. The molecule has 0 bridgehead atoms. The van der Waals surface area contributed by atoms with Gasteiger partial charge in [0.1, 0.15) is 0 Å². The standard InChI is InChI=1S/C13H22N2/c1-4-14-10-12(3)11(2)9-13-5-7-15-8-6-13/h5-8,11-12,14H,4,9-10H2,1-3H3. The van der Waals surface area contributed by atoms with Crippen LogP contribution < -0.4 is 5.32 Å². The molecule has 2 unspecified atom stereocenters. The van der Waals surface area contributed by atoms with Crippen molar-refractivity contribution in [1.82, 2.24) is 10.3 Å². The van der Waals surface area contributed by atoms with Crippen LogP contribution in [-0.2, 0) is 6.42 Å². The van der Waals surface area contributed by atoms with E-state index < -0.39 is 0 Å². The van der Waals surface area contributed by atoms with E-state index in [1.54, 1.807) is 0 Å². The molecular formula is C13H22N2. The molecule has 0 aliphatic rings. The molecule has 0 spiro atoms. The average Bonchev–Trinajstić information content (AvgIpc) is 2.27. The number of aromatic nitrogens is 1. The molecule has 0 radical (unpaired) electrons. The summed E-state index contributed by atoms with van der Waals surface area (Å²) >= 11 is 0. The van der Waals surface area contributed by atoms with Gasteiger partial charge in [-0.25, -0.2) is 0 Å². The first-order valence-corrected chi connectivity index (χ1v) is 5.83. The Hall–Kier alpha value is -0.890. The topological polar surface area (TPSA) is 24.9 Å². The Balaban J connectivity index is 2.38. The first kappa shape index (κ1) is 12.2. The number of rotatable bonds is 6. The maximum atomic E-state index is 4.03. The zero-order valence-corrected chi connectivity index (χ0v) is 10.0. The molecule has 1 heterocycles. The van der Waals surface area contributed by atoms with Crippen molar-refractivity contribution in [3.8, 4) is 0 Å². The Morgan fingerprint density at radius 3 is 2.47 bits per heavy atom. The Morgan fingerprint density at radius 2 is 1.87 bits per heavy atom. The van der Waals surface area contributed by atoms with Crippen molar-refractivity contribution < 1.29 is 0 Å². The maximum Gasteiger partial charge on any atom is 0.0270 e. The predicted molar refractivity (Wildman–Crippen MR) is 64.8 cm³/mol. The monoisotopic (exact) mass is 206 g/mol. The van der Waals surface area contributed by atoms with E-state index in [9.17, 15) is 0 Å². The fraction of sp³-hybridized carbons (Fsp3) is 0.615. The first-order chi connectivity index (χ1) is 7.24. The fourth-order valence-electron chi connectivity index (χ4n) is 1.67. The predicted octanol–water partition coefficient (Wildman–Crippen LogP) is 2.51. The van der Waals surface area contributed by atoms with E-state index in [0.717, 1.165) is 25.4 Å². The van der Waals surface area contributed by atoms with Gasteiger partial charge in [0.25, 0.3) is 0 Å². The quantitative estimate of drug-likeness (QED) is 0.773. The molecule has 0 aliphatic heterocycles. The highest BCUT2D eigenvalue weighted by molar-refractivity contribution is 5.10. The minimum atomic E-state index is 0.714. The number of nitrogens with one attached hydrogen (secondary N) is 1. The zero-order valence-electron chi connectivity index (χ0n) is 10.0. The molecule has 0 amide bonds. The SMILES string of the molecule is CCNCC(C)C(C)Cc1ccncc1. The summed E-state index contributed by atoms with van der Waals surface area (Å²) in [5, 5.41) is 3.40. The molecule has 0 aliphatic carbocycles. The number of hydrogen-bond acceptors (Lipinski definition) is 2. The second kappa shape index (κ2) is 6.57. The summed E-state index contributed by atoms with van der Waals surface area (Å²) in [7, 11) is 0. The Morgan fingerprint density at radius 1 is 1.20 bits per heavy atom. The van der Waals surface area contributed by atoms with Gasteiger partial charge in [0, 0.05) is 12.4 Å². The van der Waals surface area contributed by atoms with Crippen molar-refractivity contribution in [2.24, 2.45) is 11.8 Å². The van der Waals surface area contributed by atoms with Gasteiger partial charge in [-0.2, -0.15) is 0 Å². The Labute approximate surface area is 93.1 Å². The number of hydrogen-bond donors (Lipinski definition) is 1. The molecule has 0 saturated carbocycles. The van der Waals surface area contributed by atoms with Crippen LogP contribution in [0.25, 0.3) is 0 Å². The molecule has 0 aromatic carbocycles. The molecule has 2 nitrogen and oxygen atoms in total. The van der Waals surface area contributed by atoms with Gasteiger partial charge in [-0.1, -0.05) is 20.8 Å². The summed E-state index contributed by atoms with van der Waals surface area (Å²) in [5.41, 5.74) is 1.39. The molecule has 84 valence electrons. The van der Waals surface area contributed by atoms with E-state index in [-0.39, 0.29) is 0 Å². The fourth-order valence-corrected chi connectivity index (χ4v) is 1.67. The van der Waals surface area contributed by atoms with Gasteiger partial charge in [-0.15, -0.1) is 0 Å². The van der Waals surface area contributed by atoms with Gasteiger partial charge in [0.05, 0.1) is 0 Å². The molecule has 1 aromatic heterocycles. The van der Waals surface area contributed by atoms with Crippen LogP contribution in [0.4, 0.5) is 0 Å². The molecule has 15 heavy (non-hydrogen) atoms. The minimum Gasteiger partial charge on any atom is -0.317 e. The highest BCUT2D eigenvalue weighted by atomic mass is 14.8. The largest absolute Gasteiger partial charge is 0.317 e. The van der Waals surface area contributed by atoms with Crippen molar-refractivity contribution in [1.29, 1.82) is 0 Å². The average molecular weight is 206 g/mol. The summed E-state index contributed by atoms with van der Waals surface area (Å²) < 4.78 is 0. The summed E-state index contributed by atoms with van der Waals surface area (Å²) in [6, 6.07) is 4.22. The van der Waals surface area contributed by atoms with Gasteiger partial charge >= 0.3 is 0 Å². The van der Waals surface area contributed by atoms with E-state index >= 15 is 0 Å². The van der Waals surface area contributed by atoms with Gasteiger partial charge in [0.15, 0.2) is 0 Å². The van der Waals surface area contributed by atoms with Crippen molar-refractivity contribution in [2.45, 2.75) is 27.2 Å². The second-order valence-corrected chi connectivity index (χ2v) is 4.32. The Kier molecular flexibility index (Phi) is 5.33. The highest BCUT2D eigenvalue weighted by Gasteiger charge is 2.11. The highest BCUT2D eigenvalue weighted by Crippen LogP contribution is 2.15. The molecule has 0 saturated heterocycles. The lowest BCUT2D eigenvalue weighted by atomic mass is 9.90. The van der Waals surface area contributed by atoms with Crippen molar-refractivity contribution in [3.05, 3.63) is 30.1 Å². The summed E-state index contributed by atoms with van der Waals surface area (Å²) in [6.07, 6.45) is 4.89. The van der Waals surface area contributed by atoms with Gasteiger partial charge < -0.3 is 5.32 Å². The minimum absolute atomic E-state index is 0.714. The molecule has 1 rings (SSSR count). The normalized spacial score (nSPS) is 14.9. The smallest absolute Gasteiger partial charge is 0.0270 e. The summed E-state index contributed by atoms with van der Waals surface area (Å²) in [6.45, 7) is 8.96. The van der Waals surface area contributed by atoms with E-state index in [1.165, 1.54) is 5.56 Å². The third-order valence-electron chi connectivity index (χ3n) is 2.99. The summed E-state index contributed by atoms with van der Waals surface area (Å²) in [4.78, 5) is 4.03. The lowest BCUT2D eigenvalue weighted by Crippen LogP contribution is -2.25. The second-order valence-electron chi connectivity index (χ2n) is 4.32. The molecular weight excluding hydrogens is 184 g/mol. The molecule has 0 fully saturated rings. The lowest BCUT2D eigenvalue weighted by Gasteiger charge is -2.20. The van der Waals surface area contributed by atoms with Gasteiger partial charge in [-0.3, -0.25) is 4.98 Å². The molecule has 1 N–H and O–H groups in total. The van der Waals surface area contributed by atoms with E-state index in [4.69, 9.17) is 0 Å². The van der Waals surface area contributed by atoms with Crippen LogP contribution in [0.3, 0.4) is 0 Å². The van der Waals surface area contributed by atoms with Gasteiger partial charge in [0.2, 0.25) is 0 Å².